The third kappa shape index (κ3) is 2.88. The number of hydrogen-bond acceptors (Lipinski definition) is 6. The van der Waals surface area contributed by atoms with Crippen LogP contribution in [0.15, 0.2) is 42.9 Å². The van der Waals surface area contributed by atoms with Gasteiger partial charge in [0.1, 0.15) is 0 Å². The van der Waals surface area contributed by atoms with Gasteiger partial charge in [0.05, 0.1) is 55.6 Å². The third-order valence-electron chi connectivity index (χ3n) is 4.61. The molecule has 0 bridgehead atoms. The van der Waals surface area contributed by atoms with E-state index in [1.54, 1.807) is 12.3 Å². The van der Waals surface area contributed by atoms with Crippen LogP contribution in [0.4, 0.5) is 0 Å². The van der Waals surface area contributed by atoms with Crippen LogP contribution in [0.25, 0.3) is 0 Å². The fourth-order valence-electron chi connectivity index (χ4n) is 3.37. The average molecular weight is 326 g/mol. The molecule has 2 aromatic heterocycles. The second-order valence-electron chi connectivity index (χ2n) is 6.03. The molecular weight excluding hydrogens is 308 g/mol. The van der Waals surface area contributed by atoms with Gasteiger partial charge in [0.2, 0.25) is 0 Å². The SMILES string of the molecule is O=C(c1ccnnc1)N1C[C@H](OCc2ccccn2)[C@H]2COC[C@H]21. The summed E-state index contributed by atoms with van der Waals surface area (Å²) in [5, 5.41) is 7.51. The molecular formula is C17H18N4O3. The van der Waals surface area contributed by atoms with Gasteiger partial charge in [-0.25, -0.2) is 0 Å². The van der Waals surface area contributed by atoms with Crippen LogP contribution in [0, 0.1) is 5.92 Å². The molecule has 0 saturated carbocycles. The summed E-state index contributed by atoms with van der Waals surface area (Å²) < 4.78 is 11.6. The van der Waals surface area contributed by atoms with Crippen molar-refractivity contribution >= 4 is 5.91 Å². The summed E-state index contributed by atoms with van der Waals surface area (Å²) >= 11 is 0. The molecule has 3 atom stereocenters. The molecule has 0 N–H and O–H groups in total. The molecule has 0 unspecified atom stereocenters. The molecule has 7 heteroatoms. The summed E-state index contributed by atoms with van der Waals surface area (Å²) in [5.41, 5.74) is 1.43. The predicted octanol–water partition coefficient (Wildman–Crippen LogP) is 0.928. The Kier molecular flexibility index (Phi) is 4.18. The first-order chi connectivity index (χ1) is 11.8. The number of rotatable bonds is 4. The molecule has 24 heavy (non-hydrogen) atoms. The lowest BCUT2D eigenvalue weighted by molar-refractivity contribution is 0.00800. The highest BCUT2D eigenvalue weighted by Crippen LogP contribution is 2.33. The second kappa shape index (κ2) is 6.62. The highest BCUT2D eigenvalue weighted by atomic mass is 16.5. The van der Waals surface area contributed by atoms with E-state index in [0.29, 0.717) is 31.9 Å². The van der Waals surface area contributed by atoms with E-state index in [0.717, 1.165) is 5.69 Å². The van der Waals surface area contributed by atoms with Crippen LogP contribution in [-0.2, 0) is 16.1 Å². The largest absolute Gasteiger partial charge is 0.379 e. The van der Waals surface area contributed by atoms with Crippen molar-refractivity contribution in [3.8, 4) is 0 Å². The van der Waals surface area contributed by atoms with Crippen molar-refractivity contribution in [1.29, 1.82) is 0 Å². The number of carbonyl (C=O) groups excluding carboxylic acids is 1. The van der Waals surface area contributed by atoms with E-state index in [1.807, 2.05) is 23.1 Å². The van der Waals surface area contributed by atoms with E-state index in [4.69, 9.17) is 9.47 Å². The zero-order chi connectivity index (χ0) is 16.4. The van der Waals surface area contributed by atoms with Crippen LogP contribution in [0.3, 0.4) is 0 Å². The molecule has 4 rings (SSSR count). The molecule has 4 heterocycles. The van der Waals surface area contributed by atoms with Gasteiger partial charge >= 0.3 is 0 Å². The van der Waals surface area contributed by atoms with Crippen molar-refractivity contribution in [1.82, 2.24) is 20.1 Å². The van der Waals surface area contributed by atoms with Crippen LogP contribution < -0.4 is 0 Å². The Hall–Kier alpha value is -2.38. The molecule has 0 aromatic carbocycles. The maximum absolute atomic E-state index is 12.7. The van der Waals surface area contributed by atoms with Crippen LogP contribution in [0.2, 0.25) is 0 Å². The van der Waals surface area contributed by atoms with E-state index in [1.165, 1.54) is 12.4 Å². The number of ether oxygens (including phenoxy) is 2. The zero-order valence-corrected chi connectivity index (χ0v) is 13.1. The Bertz CT molecular complexity index is 697. The first-order valence-electron chi connectivity index (χ1n) is 8.00. The lowest BCUT2D eigenvalue weighted by atomic mass is 10.0. The van der Waals surface area contributed by atoms with Crippen molar-refractivity contribution in [2.75, 3.05) is 19.8 Å². The summed E-state index contributed by atoms with van der Waals surface area (Å²) in [7, 11) is 0. The van der Waals surface area contributed by atoms with Crippen LogP contribution in [0.1, 0.15) is 16.1 Å². The number of aromatic nitrogens is 3. The standard InChI is InChI=1S/C17H18N4O3/c22-17(12-4-6-19-20-7-12)21-8-16(14-10-23-11-15(14)21)24-9-13-3-1-2-5-18-13/h1-7,14-16H,8-11H2/t14-,15+,16-/m0/s1. The normalized spacial score (nSPS) is 25.7. The monoisotopic (exact) mass is 326 g/mol. The molecule has 0 radical (unpaired) electrons. The highest BCUT2D eigenvalue weighted by molar-refractivity contribution is 5.94. The van der Waals surface area contributed by atoms with Crippen LogP contribution in [-0.4, -0.2) is 57.9 Å². The van der Waals surface area contributed by atoms with Crippen molar-refractivity contribution in [3.05, 3.63) is 54.1 Å². The van der Waals surface area contributed by atoms with Crippen LogP contribution >= 0.6 is 0 Å². The zero-order valence-electron chi connectivity index (χ0n) is 13.1. The van der Waals surface area contributed by atoms with Gasteiger partial charge in [0.25, 0.3) is 5.91 Å². The maximum atomic E-state index is 12.7. The van der Waals surface area contributed by atoms with E-state index in [2.05, 4.69) is 15.2 Å². The summed E-state index contributed by atoms with van der Waals surface area (Å²) in [5.74, 6) is 0.154. The molecule has 2 aromatic rings. The Labute approximate surface area is 139 Å². The van der Waals surface area contributed by atoms with Gasteiger partial charge in [-0.2, -0.15) is 10.2 Å². The van der Waals surface area contributed by atoms with Gasteiger partial charge < -0.3 is 14.4 Å². The quantitative estimate of drug-likeness (QED) is 0.832. The molecule has 1 amide bonds. The number of amides is 1. The smallest absolute Gasteiger partial charge is 0.255 e. The first-order valence-corrected chi connectivity index (χ1v) is 8.00. The second-order valence-corrected chi connectivity index (χ2v) is 6.03. The van der Waals surface area contributed by atoms with Crippen LogP contribution in [0.5, 0.6) is 0 Å². The van der Waals surface area contributed by atoms with Crippen molar-refractivity contribution in [2.45, 2.75) is 18.8 Å². The van der Waals surface area contributed by atoms with Gasteiger partial charge in [-0.05, 0) is 18.2 Å². The summed E-state index contributed by atoms with van der Waals surface area (Å²) in [6.45, 7) is 2.18. The maximum Gasteiger partial charge on any atom is 0.255 e. The topological polar surface area (TPSA) is 77.4 Å². The first kappa shape index (κ1) is 15.2. The van der Waals surface area contributed by atoms with E-state index < -0.39 is 0 Å². The average Bonchev–Trinajstić information content (AvgIpc) is 3.24. The van der Waals surface area contributed by atoms with E-state index in [9.17, 15) is 4.79 Å². The fraction of sp³-hybridized carbons (Fsp3) is 0.412. The van der Waals surface area contributed by atoms with E-state index >= 15 is 0 Å². The predicted molar refractivity (Wildman–Crippen MR) is 84.0 cm³/mol. The third-order valence-corrected chi connectivity index (χ3v) is 4.61. The molecule has 2 aliphatic heterocycles. The van der Waals surface area contributed by atoms with Crippen molar-refractivity contribution in [3.63, 3.8) is 0 Å². The Morgan fingerprint density at radius 1 is 1.25 bits per heavy atom. The van der Waals surface area contributed by atoms with Gasteiger partial charge in [-0.1, -0.05) is 6.07 Å². The van der Waals surface area contributed by atoms with Gasteiger partial charge in [-0.15, -0.1) is 0 Å². The number of likely N-dealkylation sites (tertiary alicyclic amines) is 1. The Balaban J connectivity index is 1.46. The number of fused-ring (bicyclic) bond motifs is 1. The lowest BCUT2D eigenvalue weighted by Crippen LogP contribution is -2.38. The van der Waals surface area contributed by atoms with Gasteiger partial charge in [-0.3, -0.25) is 9.78 Å². The number of carbonyl (C=O) groups is 1. The summed E-state index contributed by atoms with van der Waals surface area (Å²) in [4.78, 5) is 18.9. The molecule has 0 aliphatic carbocycles. The lowest BCUT2D eigenvalue weighted by Gasteiger charge is -2.22. The summed E-state index contributed by atoms with van der Waals surface area (Å²) in [6.07, 6.45) is 4.73. The Morgan fingerprint density at radius 2 is 2.21 bits per heavy atom. The van der Waals surface area contributed by atoms with Crippen molar-refractivity contribution in [2.24, 2.45) is 5.92 Å². The Morgan fingerprint density at radius 3 is 3.00 bits per heavy atom. The minimum absolute atomic E-state index is 0.0433. The fourth-order valence-corrected chi connectivity index (χ4v) is 3.37. The number of hydrogen-bond donors (Lipinski definition) is 0. The highest BCUT2D eigenvalue weighted by Gasteiger charge is 2.48. The van der Waals surface area contributed by atoms with E-state index in [-0.39, 0.29) is 24.0 Å². The van der Waals surface area contributed by atoms with Crippen molar-refractivity contribution < 1.29 is 14.3 Å². The van der Waals surface area contributed by atoms with Gasteiger partial charge in [0.15, 0.2) is 0 Å². The summed E-state index contributed by atoms with van der Waals surface area (Å²) in [6, 6.07) is 7.49. The number of pyridine rings is 1. The number of nitrogens with zero attached hydrogens (tertiary/aromatic N) is 4. The molecule has 124 valence electrons. The minimum Gasteiger partial charge on any atom is -0.379 e. The molecule has 2 fully saturated rings. The molecule has 2 aliphatic rings. The van der Waals surface area contributed by atoms with Gasteiger partial charge in [0, 0.05) is 18.7 Å². The molecule has 2 saturated heterocycles. The minimum atomic E-state index is -0.0469. The molecule has 0 spiro atoms. The molecule has 7 nitrogen and oxygen atoms in total.